The Morgan fingerprint density at radius 1 is 1.27 bits per heavy atom. The van der Waals surface area contributed by atoms with Gasteiger partial charge in [0.15, 0.2) is 0 Å². The SMILES string of the molecule is Cn1ccnc1-c1cc(Br)c(F)cc1F. The fraction of sp³-hybridized carbons (Fsp3) is 0.100. The maximum Gasteiger partial charge on any atom is 0.142 e. The number of rotatable bonds is 1. The van der Waals surface area contributed by atoms with Gasteiger partial charge in [-0.1, -0.05) is 0 Å². The first-order valence-electron chi connectivity index (χ1n) is 4.22. The molecule has 0 aliphatic carbocycles. The largest absolute Gasteiger partial charge is 0.334 e. The Hall–Kier alpha value is -1.23. The van der Waals surface area contributed by atoms with Crippen LogP contribution in [0.4, 0.5) is 8.78 Å². The number of hydrogen-bond donors (Lipinski definition) is 0. The second-order valence-corrected chi connectivity index (χ2v) is 3.96. The predicted octanol–water partition coefficient (Wildman–Crippen LogP) is 3.13. The average molecular weight is 273 g/mol. The minimum Gasteiger partial charge on any atom is -0.334 e. The Kier molecular flexibility index (Phi) is 2.56. The van der Waals surface area contributed by atoms with Crippen LogP contribution in [0.25, 0.3) is 11.4 Å². The van der Waals surface area contributed by atoms with Crippen molar-refractivity contribution in [1.82, 2.24) is 9.55 Å². The van der Waals surface area contributed by atoms with Crippen molar-refractivity contribution in [3.8, 4) is 11.4 Å². The minimum absolute atomic E-state index is 0.224. The standard InChI is InChI=1S/C10H7BrF2N2/c1-15-3-2-14-10(15)6-4-7(11)9(13)5-8(6)12/h2-5H,1H3. The number of halogens is 3. The van der Waals surface area contributed by atoms with Crippen LogP contribution in [-0.2, 0) is 7.05 Å². The third-order valence-corrected chi connectivity index (χ3v) is 2.68. The van der Waals surface area contributed by atoms with E-state index in [2.05, 4.69) is 20.9 Å². The summed E-state index contributed by atoms with van der Waals surface area (Å²) in [6, 6.07) is 2.22. The molecule has 1 heterocycles. The van der Waals surface area contributed by atoms with Gasteiger partial charge < -0.3 is 4.57 Å². The minimum atomic E-state index is -0.620. The van der Waals surface area contributed by atoms with Gasteiger partial charge in [0.1, 0.15) is 17.5 Å². The van der Waals surface area contributed by atoms with Crippen LogP contribution in [0.3, 0.4) is 0 Å². The number of aromatic nitrogens is 2. The van der Waals surface area contributed by atoms with Crippen molar-refractivity contribution in [1.29, 1.82) is 0 Å². The normalized spacial score (nSPS) is 10.7. The zero-order valence-electron chi connectivity index (χ0n) is 7.84. The van der Waals surface area contributed by atoms with Crippen molar-refractivity contribution >= 4 is 15.9 Å². The van der Waals surface area contributed by atoms with Gasteiger partial charge in [0.2, 0.25) is 0 Å². The van der Waals surface area contributed by atoms with Gasteiger partial charge in [0.05, 0.1) is 10.0 Å². The van der Waals surface area contributed by atoms with E-state index in [0.717, 1.165) is 6.07 Å². The highest BCUT2D eigenvalue weighted by Crippen LogP contribution is 2.26. The molecule has 0 amide bonds. The van der Waals surface area contributed by atoms with E-state index >= 15 is 0 Å². The molecule has 0 N–H and O–H groups in total. The molecule has 0 spiro atoms. The number of nitrogens with zero attached hydrogens (tertiary/aromatic N) is 2. The first kappa shape index (κ1) is 10.3. The van der Waals surface area contributed by atoms with Crippen molar-refractivity contribution in [2.75, 3.05) is 0 Å². The van der Waals surface area contributed by atoms with Gasteiger partial charge >= 0.3 is 0 Å². The first-order valence-corrected chi connectivity index (χ1v) is 5.01. The Labute approximate surface area is 93.7 Å². The third kappa shape index (κ3) is 1.79. The fourth-order valence-corrected chi connectivity index (χ4v) is 1.66. The van der Waals surface area contributed by atoms with E-state index < -0.39 is 11.6 Å². The molecular weight excluding hydrogens is 266 g/mol. The van der Waals surface area contributed by atoms with E-state index in [1.165, 1.54) is 6.07 Å². The van der Waals surface area contributed by atoms with Crippen LogP contribution in [0.1, 0.15) is 0 Å². The molecule has 0 radical (unpaired) electrons. The molecule has 1 aromatic carbocycles. The molecule has 1 aromatic heterocycles. The molecule has 0 fully saturated rings. The third-order valence-electron chi connectivity index (χ3n) is 2.07. The molecule has 0 atom stereocenters. The van der Waals surface area contributed by atoms with Crippen LogP contribution in [0.2, 0.25) is 0 Å². The summed E-state index contributed by atoms with van der Waals surface area (Å²) in [5.74, 6) is -0.774. The molecule has 0 saturated carbocycles. The van der Waals surface area contributed by atoms with Crippen molar-refractivity contribution in [3.05, 3.63) is 40.6 Å². The van der Waals surface area contributed by atoms with Crippen LogP contribution >= 0.6 is 15.9 Å². The summed E-state index contributed by atoms with van der Waals surface area (Å²) in [5.41, 5.74) is 0.274. The Bertz CT molecular complexity index is 508. The number of benzene rings is 1. The Balaban J connectivity index is 2.64. The maximum atomic E-state index is 13.5. The van der Waals surface area contributed by atoms with Crippen LogP contribution < -0.4 is 0 Å². The molecule has 2 aromatic rings. The monoisotopic (exact) mass is 272 g/mol. The molecule has 0 bridgehead atoms. The summed E-state index contributed by atoms with van der Waals surface area (Å²) in [6.45, 7) is 0. The van der Waals surface area contributed by atoms with Gasteiger partial charge in [-0.3, -0.25) is 0 Å². The quantitative estimate of drug-likeness (QED) is 0.730. The van der Waals surface area contributed by atoms with E-state index in [4.69, 9.17) is 0 Å². The summed E-state index contributed by atoms with van der Waals surface area (Å²) >= 11 is 3.01. The van der Waals surface area contributed by atoms with E-state index in [0.29, 0.717) is 5.82 Å². The molecule has 0 aliphatic heterocycles. The molecule has 0 saturated heterocycles. The van der Waals surface area contributed by atoms with Gasteiger partial charge in [-0.15, -0.1) is 0 Å². The number of imidazole rings is 1. The highest BCUT2D eigenvalue weighted by Gasteiger charge is 2.12. The smallest absolute Gasteiger partial charge is 0.142 e. The molecule has 78 valence electrons. The van der Waals surface area contributed by atoms with Crippen LogP contribution in [0.5, 0.6) is 0 Å². The van der Waals surface area contributed by atoms with Gasteiger partial charge in [0, 0.05) is 25.5 Å². The highest BCUT2D eigenvalue weighted by atomic mass is 79.9. The summed E-state index contributed by atoms with van der Waals surface area (Å²) in [7, 11) is 1.75. The summed E-state index contributed by atoms with van der Waals surface area (Å²) in [6.07, 6.45) is 3.26. The van der Waals surface area contributed by atoms with E-state index in [9.17, 15) is 8.78 Å². The van der Waals surface area contributed by atoms with Crippen LogP contribution in [0, 0.1) is 11.6 Å². The van der Waals surface area contributed by atoms with Gasteiger partial charge in [-0.05, 0) is 22.0 Å². The Morgan fingerprint density at radius 2 is 2.00 bits per heavy atom. The lowest BCUT2D eigenvalue weighted by Crippen LogP contribution is -1.95. The van der Waals surface area contributed by atoms with E-state index in [1.54, 1.807) is 24.0 Å². The molecule has 0 unspecified atom stereocenters. The first-order chi connectivity index (χ1) is 7.09. The number of hydrogen-bond acceptors (Lipinski definition) is 1. The summed E-state index contributed by atoms with van der Waals surface area (Å²) in [4.78, 5) is 4.00. The molecule has 2 rings (SSSR count). The lowest BCUT2D eigenvalue weighted by atomic mass is 10.2. The number of aryl methyl sites for hydroxylation is 1. The van der Waals surface area contributed by atoms with E-state index in [-0.39, 0.29) is 10.0 Å². The topological polar surface area (TPSA) is 17.8 Å². The maximum absolute atomic E-state index is 13.5. The second-order valence-electron chi connectivity index (χ2n) is 3.11. The van der Waals surface area contributed by atoms with Gasteiger partial charge in [0.25, 0.3) is 0 Å². The second kappa shape index (κ2) is 3.73. The lowest BCUT2D eigenvalue weighted by molar-refractivity contribution is 0.580. The molecule has 0 aliphatic rings. The summed E-state index contributed by atoms with van der Waals surface area (Å²) in [5, 5.41) is 0. The zero-order chi connectivity index (χ0) is 11.0. The highest BCUT2D eigenvalue weighted by molar-refractivity contribution is 9.10. The van der Waals surface area contributed by atoms with Crippen molar-refractivity contribution in [2.45, 2.75) is 0 Å². The van der Waals surface area contributed by atoms with Gasteiger partial charge in [-0.2, -0.15) is 0 Å². The molecule has 2 nitrogen and oxygen atoms in total. The predicted molar refractivity (Wildman–Crippen MR) is 56.3 cm³/mol. The van der Waals surface area contributed by atoms with Crippen molar-refractivity contribution < 1.29 is 8.78 Å². The lowest BCUT2D eigenvalue weighted by Gasteiger charge is -2.04. The Morgan fingerprint density at radius 3 is 2.60 bits per heavy atom. The van der Waals surface area contributed by atoms with Gasteiger partial charge in [-0.25, -0.2) is 13.8 Å². The molecule has 15 heavy (non-hydrogen) atoms. The van der Waals surface area contributed by atoms with Crippen molar-refractivity contribution in [2.24, 2.45) is 7.05 Å². The zero-order valence-corrected chi connectivity index (χ0v) is 9.42. The fourth-order valence-electron chi connectivity index (χ4n) is 1.32. The van der Waals surface area contributed by atoms with Crippen LogP contribution in [0.15, 0.2) is 29.0 Å². The van der Waals surface area contributed by atoms with E-state index in [1.807, 2.05) is 0 Å². The van der Waals surface area contributed by atoms with Crippen LogP contribution in [-0.4, -0.2) is 9.55 Å². The molecular formula is C10H7BrF2N2. The average Bonchev–Trinajstić information content (AvgIpc) is 2.58. The van der Waals surface area contributed by atoms with Crippen molar-refractivity contribution in [3.63, 3.8) is 0 Å². The molecule has 5 heteroatoms. The summed E-state index contributed by atoms with van der Waals surface area (Å²) < 4.78 is 28.3.